The fourth-order valence-electron chi connectivity index (χ4n) is 5.57. The number of rotatable bonds is 34. The average Bonchev–Trinajstić information content (AvgIpc) is 3.03. The number of aliphatic carboxylic acids is 1. The molecule has 0 aromatic carbocycles. The zero-order valence-electron chi connectivity index (χ0n) is 29.9. The van der Waals surface area contributed by atoms with Gasteiger partial charge in [-0.15, -0.1) is 0 Å². The predicted octanol–water partition coefficient (Wildman–Crippen LogP) is 10.1. The quantitative estimate of drug-likeness (QED) is 0.0363. The summed E-state index contributed by atoms with van der Waals surface area (Å²) in [6.07, 6.45) is 36.6. The molecule has 0 aliphatic carbocycles. The molecule has 0 aromatic heterocycles. The lowest BCUT2D eigenvalue weighted by molar-refractivity contribution is -0.147. The van der Waals surface area contributed by atoms with E-state index in [1.54, 1.807) is 0 Å². The first-order valence-corrected chi connectivity index (χ1v) is 19.2. The van der Waals surface area contributed by atoms with Crippen molar-refractivity contribution in [1.82, 2.24) is 5.32 Å². The van der Waals surface area contributed by atoms with Crippen molar-refractivity contribution in [2.45, 2.75) is 199 Å². The van der Waals surface area contributed by atoms with Gasteiger partial charge >= 0.3 is 11.9 Å². The Balaban J connectivity index is 4.31. The number of carbonyl (C=O) groups is 3. The van der Waals surface area contributed by atoms with E-state index in [0.717, 1.165) is 70.6 Å². The van der Waals surface area contributed by atoms with Crippen LogP contribution in [-0.2, 0) is 19.1 Å². The Morgan fingerprint density at radius 2 is 1.20 bits per heavy atom. The van der Waals surface area contributed by atoms with Crippen molar-refractivity contribution >= 4 is 17.8 Å². The van der Waals surface area contributed by atoms with Crippen molar-refractivity contribution in [1.29, 1.82) is 0 Å². The second-order valence-electron chi connectivity index (χ2n) is 13.0. The van der Waals surface area contributed by atoms with Crippen molar-refractivity contribution < 1.29 is 24.2 Å². The van der Waals surface area contributed by atoms with Crippen molar-refractivity contribution in [3.8, 4) is 0 Å². The molecule has 0 rings (SSSR count). The molecule has 4 N–H and O–H groups in total. The van der Waals surface area contributed by atoms with E-state index in [2.05, 4.69) is 43.5 Å². The Labute approximate surface area is 283 Å². The number of nitrogens with two attached hydrogens (primary N) is 1. The SMILES string of the molecule is CCCCC/C=C\C/C=C\C(CCCCCCCCC(=O)NC(CCCN)C(=O)O)OC(=O)CCCCCCCCCCCCC. The molecule has 0 aromatic rings. The number of carboxylic acids is 1. The van der Waals surface area contributed by atoms with Crippen molar-refractivity contribution in [2.24, 2.45) is 5.73 Å². The molecule has 268 valence electrons. The van der Waals surface area contributed by atoms with E-state index in [-0.39, 0.29) is 18.0 Å². The molecular formula is C39H72N2O5. The maximum absolute atomic E-state index is 12.6. The molecule has 0 saturated heterocycles. The highest BCUT2D eigenvalue weighted by Gasteiger charge is 2.18. The predicted molar refractivity (Wildman–Crippen MR) is 193 cm³/mol. The van der Waals surface area contributed by atoms with Gasteiger partial charge in [-0.2, -0.15) is 0 Å². The van der Waals surface area contributed by atoms with Crippen LogP contribution >= 0.6 is 0 Å². The number of amides is 1. The van der Waals surface area contributed by atoms with Gasteiger partial charge in [-0.25, -0.2) is 4.79 Å². The maximum atomic E-state index is 12.6. The third kappa shape index (κ3) is 30.5. The van der Waals surface area contributed by atoms with Gasteiger partial charge in [0.1, 0.15) is 12.1 Å². The second kappa shape index (κ2) is 34.2. The Morgan fingerprint density at radius 3 is 1.78 bits per heavy atom. The molecule has 0 radical (unpaired) electrons. The van der Waals surface area contributed by atoms with Crippen molar-refractivity contribution in [2.75, 3.05) is 6.54 Å². The number of esters is 1. The number of hydrogen-bond donors (Lipinski definition) is 3. The molecule has 0 aliphatic heterocycles. The molecule has 0 fully saturated rings. The molecule has 2 unspecified atom stereocenters. The first-order valence-electron chi connectivity index (χ1n) is 19.2. The number of ether oxygens (including phenoxy) is 1. The molecular weight excluding hydrogens is 576 g/mol. The molecule has 0 aliphatic rings. The number of hydrogen-bond acceptors (Lipinski definition) is 5. The maximum Gasteiger partial charge on any atom is 0.326 e. The normalized spacial score (nSPS) is 12.9. The van der Waals surface area contributed by atoms with Gasteiger partial charge in [0.2, 0.25) is 5.91 Å². The van der Waals surface area contributed by atoms with E-state index >= 15 is 0 Å². The highest BCUT2D eigenvalue weighted by molar-refractivity contribution is 5.83. The van der Waals surface area contributed by atoms with Gasteiger partial charge in [-0.05, 0) is 70.4 Å². The molecule has 46 heavy (non-hydrogen) atoms. The van der Waals surface area contributed by atoms with Crippen LogP contribution in [-0.4, -0.2) is 41.6 Å². The number of allylic oxidation sites excluding steroid dienone is 3. The van der Waals surface area contributed by atoms with Crippen molar-refractivity contribution in [3.63, 3.8) is 0 Å². The lowest BCUT2D eigenvalue weighted by Crippen LogP contribution is -2.40. The summed E-state index contributed by atoms with van der Waals surface area (Å²) in [5, 5.41) is 11.9. The van der Waals surface area contributed by atoms with E-state index in [9.17, 15) is 19.5 Å². The van der Waals surface area contributed by atoms with E-state index in [4.69, 9.17) is 10.5 Å². The highest BCUT2D eigenvalue weighted by atomic mass is 16.5. The lowest BCUT2D eigenvalue weighted by atomic mass is 10.0. The number of carbonyl (C=O) groups excluding carboxylic acids is 2. The minimum Gasteiger partial charge on any atom is -0.480 e. The fraction of sp³-hybridized carbons (Fsp3) is 0.821. The van der Waals surface area contributed by atoms with Gasteiger partial charge in [-0.3, -0.25) is 9.59 Å². The first kappa shape index (κ1) is 43.9. The monoisotopic (exact) mass is 649 g/mol. The van der Waals surface area contributed by atoms with Gasteiger partial charge in [-0.1, -0.05) is 135 Å². The summed E-state index contributed by atoms with van der Waals surface area (Å²) < 4.78 is 5.90. The summed E-state index contributed by atoms with van der Waals surface area (Å²) in [7, 11) is 0. The van der Waals surface area contributed by atoms with Crippen LogP contribution in [0.15, 0.2) is 24.3 Å². The summed E-state index contributed by atoms with van der Waals surface area (Å²) >= 11 is 0. The summed E-state index contributed by atoms with van der Waals surface area (Å²) in [6.45, 7) is 4.89. The lowest BCUT2D eigenvalue weighted by Gasteiger charge is -2.15. The third-order valence-corrected chi connectivity index (χ3v) is 8.50. The molecule has 2 atom stereocenters. The molecule has 0 bridgehead atoms. The average molecular weight is 649 g/mol. The van der Waals surface area contributed by atoms with Crippen LogP contribution < -0.4 is 11.1 Å². The van der Waals surface area contributed by atoms with Crippen LogP contribution in [0, 0.1) is 0 Å². The van der Waals surface area contributed by atoms with Crippen LogP contribution in [0.5, 0.6) is 0 Å². The van der Waals surface area contributed by atoms with E-state index in [1.807, 2.05) is 0 Å². The first-order chi connectivity index (χ1) is 22.4. The van der Waals surface area contributed by atoms with Crippen LogP contribution in [0.2, 0.25) is 0 Å². The van der Waals surface area contributed by atoms with Gasteiger partial charge < -0.3 is 20.9 Å². The molecule has 0 heterocycles. The fourth-order valence-corrected chi connectivity index (χ4v) is 5.57. The molecule has 7 nitrogen and oxygen atoms in total. The summed E-state index contributed by atoms with van der Waals surface area (Å²) in [5.74, 6) is -1.29. The van der Waals surface area contributed by atoms with Crippen LogP contribution in [0.1, 0.15) is 187 Å². The summed E-state index contributed by atoms with van der Waals surface area (Å²) in [6, 6.07) is -0.853. The van der Waals surface area contributed by atoms with Gasteiger partial charge in [0, 0.05) is 12.8 Å². The summed E-state index contributed by atoms with van der Waals surface area (Å²) in [5.41, 5.74) is 5.46. The number of nitrogens with one attached hydrogen (secondary N) is 1. The standard InChI is InChI=1S/C39H72N2O5/c1-3-5-7-9-11-13-14-15-17-23-27-33-38(43)46-35(29-24-20-16-12-10-8-6-4-2)30-25-21-18-19-22-26-32-37(42)41-36(39(44)45)31-28-34-40/h12,16,24,29,35-36H,3-11,13-15,17-23,25-28,30-34,40H2,1-2H3,(H,41,42)(H,44,45)/b16-12-,29-24-. The zero-order valence-corrected chi connectivity index (χ0v) is 29.9. The van der Waals surface area contributed by atoms with Crippen molar-refractivity contribution in [3.05, 3.63) is 24.3 Å². The molecule has 0 spiro atoms. The summed E-state index contributed by atoms with van der Waals surface area (Å²) in [4.78, 5) is 36.0. The van der Waals surface area contributed by atoms with E-state index in [0.29, 0.717) is 32.2 Å². The Kier molecular flexibility index (Phi) is 32.6. The number of carboxylic acid groups (broad SMARTS) is 1. The third-order valence-electron chi connectivity index (χ3n) is 8.50. The second-order valence-corrected chi connectivity index (χ2v) is 13.0. The minimum absolute atomic E-state index is 0.0767. The topological polar surface area (TPSA) is 119 Å². The van der Waals surface area contributed by atoms with Crippen LogP contribution in [0.3, 0.4) is 0 Å². The Morgan fingerprint density at radius 1 is 0.652 bits per heavy atom. The smallest absolute Gasteiger partial charge is 0.326 e. The molecule has 0 saturated carbocycles. The van der Waals surface area contributed by atoms with Crippen LogP contribution in [0.4, 0.5) is 0 Å². The zero-order chi connectivity index (χ0) is 33.9. The minimum atomic E-state index is -1.01. The van der Waals surface area contributed by atoms with E-state index < -0.39 is 12.0 Å². The van der Waals surface area contributed by atoms with Gasteiger partial charge in [0.25, 0.3) is 0 Å². The van der Waals surface area contributed by atoms with Gasteiger partial charge in [0.15, 0.2) is 0 Å². The Hall–Kier alpha value is -2.15. The van der Waals surface area contributed by atoms with Gasteiger partial charge in [0.05, 0.1) is 0 Å². The number of unbranched alkanes of at least 4 members (excludes halogenated alkanes) is 18. The van der Waals surface area contributed by atoms with Crippen LogP contribution in [0.25, 0.3) is 0 Å². The molecule has 1 amide bonds. The Bertz CT molecular complexity index is 782. The highest BCUT2D eigenvalue weighted by Crippen LogP contribution is 2.16. The largest absolute Gasteiger partial charge is 0.480 e. The molecule has 7 heteroatoms. The van der Waals surface area contributed by atoms with E-state index in [1.165, 1.54) is 77.0 Å².